The van der Waals surface area contributed by atoms with Gasteiger partial charge in [0.25, 0.3) is 0 Å². The van der Waals surface area contributed by atoms with Gasteiger partial charge in [0.2, 0.25) is 4.77 Å². The van der Waals surface area contributed by atoms with E-state index in [4.69, 9.17) is 12.2 Å². The van der Waals surface area contributed by atoms with Gasteiger partial charge < -0.3 is 0 Å². The first-order valence-corrected chi connectivity index (χ1v) is 4.63. The molecule has 80 valence electrons. The first-order valence-electron chi connectivity index (χ1n) is 4.22. The quantitative estimate of drug-likeness (QED) is 0.680. The first-order chi connectivity index (χ1) is 6.25. The topological polar surface area (TPSA) is 22.8 Å². The highest BCUT2D eigenvalue weighted by molar-refractivity contribution is 7.71. The van der Waals surface area contributed by atoms with E-state index >= 15 is 0 Å². The van der Waals surface area contributed by atoms with E-state index in [0.29, 0.717) is 0 Å². The third kappa shape index (κ3) is 1.84. The summed E-state index contributed by atoms with van der Waals surface area (Å²) < 4.78 is 27.3. The molecule has 0 atom stereocenters. The maximum absolute atomic E-state index is 12.5. The molecule has 0 aliphatic heterocycles. The van der Waals surface area contributed by atoms with Gasteiger partial charge in [0.15, 0.2) is 0 Å². The number of nitrogens with zero attached hydrogens (tertiary/aromatic N) is 3. The molecular formula is C8H13F2N3S. The molecule has 0 saturated carbocycles. The molecule has 0 fully saturated rings. The lowest BCUT2D eigenvalue weighted by Gasteiger charge is -2.18. The van der Waals surface area contributed by atoms with Crippen molar-refractivity contribution in [3.8, 4) is 0 Å². The number of aromatic nitrogens is 3. The van der Waals surface area contributed by atoms with Crippen LogP contribution in [0.5, 0.6) is 0 Å². The smallest absolute Gasteiger partial charge is 0.245 e. The fraction of sp³-hybridized carbons (Fsp3) is 0.750. The predicted molar refractivity (Wildman–Crippen MR) is 52.0 cm³/mol. The molecule has 0 bridgehead atoms. The van der Waals surface area contributed by atoms with E-state index in [9.17, 15) is 8.78 Å². The first kappa shape index (κ1) is 11.3. The Morgan fingerprint density at radius 2 is 1.86 bits per heavy atom. The maximum atomic E-state index is 12.5. The van der Waals surface area contributed by atoms with Gasteiger partial charge in [0.1, 0.15) is 5.82 Å². The molecule has 0 aliphatic carbocycles. The van der Waals surface area contributed by atoms with Gasteiger partial charge in [0, 0.05) is 0 Å². The third-order valence-electron chi connectivity index (χ3n) is 1.81. The van der Waals surface area contributed by atoms with Crippen molar-refractivity contribution in [1.82, 2.24) is 14.3 Å². The van der Waals surface area contributed by atoms with E-state index in [0.717, 1.165) is 4.57 Å². The van der Waals surface area contributed by atoms with E-state index in [2.05, 4.69) is 5.10 Å². The Balaban J connectivity index is 3.40. The minimum Gasteiger partial charge on any atom is -0.245 e. The van der Waals surface area contributed by atoms with Gasteiger partial charge in [-0.3, -0.25) is 0 Å². The Labute approximate surface area is 86.3 Å². The number of halogens is 2. The van der Waals surface area contributed by atoms with Crippen LogP contribution in [0, 0.1) is 11.7 Å². The van der Waals surface area contributed by atoms with Gasteiger partial charge >= 0.3 is 6.55 Å². The van der Waals surface area contributed by atoms with Crippen molar-refractivity contribution in [2.75, 3.05) is 0 Å². The summed E-state index contributed by atoms with van der Waals surface area (Å²) in [7, 11) is 0. The minimum atomic E-state index is -2.63. The van der Waals surface area contributed by atoms with Crippen LogP contribution >= 0.6 is 12.2 Å². The number of rotatable bonds is 1. The van der Waals surface area contributed by atoms with Crippen LogP contribution in [0.4, 0.5) is 8.78 Å². The summed E-state index contributed by atoms with van der Waals surface area (Å²) in [6.07, 6.45) is 0. The number of hydrogen-bond acceptors (Lipinski definition) is 2. The van der Waals surface area contributed by atoms with E-state index in [-0.39, 0.29) is 16.1 Å². The van der Waals surface area contributed by atoms with Crippen molar-refractivity contribution in [3.63, 3.8) is 0 Å². The molecule has 0 radical (unpaired) electrons. The normalized spacial score (nSPS) is 12.5. The molecule has 3 nitrogen and oxygen atoms in total. The molecule has 14 heavy (non-hydrogen) atoms. The van der Waals surface area contributed by atoms with Crippen LogP contribution < -0.4 is 0 Å². The summed E-state index contributed by atoms with van der Waals surface area (Å²) >= 11 is 4.92. The highest BCUT2D eigenvalue weighted by Gasteiger charge is 2.21. The maximum Gasteiger partial charge on any atom is 0.322 e. The summed E-state index contributed by atoms with van der Waals surface area (Å²) in [6.45, 7) is 4.49. The predicted octanol–water partition coefficient (Wildman–Crippen LogP) is 2.87. The lowest BCUT2D eigenvalue weighted by Crippen LogP contribution is -2.23. The molecular weight excluding hydrogens is 208 g/mol. The summed E-state index contributed by atoms with van der Waals surface area (Å²) in [5.41, 5.74) is -0.373. The summed E-state index contributed by atoms with van der Waals surface area (Å²) in [6, 6.07) is 0. The zero-order chi connectivity index (χ0) is 11.1. The summed E-state index contributed by atoms with van der Waals surface area (Å²) in [5.74, 6) is 0.236. The van der Waals surface area contributed by atoms with E-state index in [1.807, 2.05) is 20.8 Å². The minimum absolute atomic E-state index is 0.0602. The van der Waals surface area contributed by atoms with Gasteiger partial charge in [0.05, 0.1) is 5.54 Å². The van der Waals surface area contributed by atoms with Crippen LogP contribution in [0.2, 0.25) is 0 Å². The average molecular weight is 221 g/mol. The van der Waals surface area contributed by atoms with Crippen molar-refractivity contribution in [2.45, 2.75) is 39.8 Å². The molecule has 0 spiro atoms. The lowest BCUT2D eigenvalue weighted by molar-refractivity contribution is 0.0653. The lowest BCUT2D eigenvalue weighted by atomic mass is 10.1. The van der Waals surface area contributed by atoms with E-state index in [1.165, 1.54) is 11.6 Å². The Kier molecular flexibility index (Phi) is 2.76. The van der Waals surface area contributed by atoms with Crippen molar-refractivity contribution < 1.29 is 8.78 Å². The van der Waals surface area contributed by atoms with Crippen molar-refractivity contribution in [1.29, 1.82) is 0 Å². The molecule has 1 heterocycles. The van der Waals surface area contributed by atoms with Crippen LogP contribution in [-0.4, -0.2) is 14.3 Å². The Bertz CT molecular complexity index is 386. The highest BCUT2D eigenvalue weighted by atomic mass is 32.1. The SMILES string of the molecule is Cc1nn(C(C)(C)C)c(=S)n1C(F)F. The zero-order valence-electron chi connectivity index (χ0n) is 8.58. The average Bonchev–Trinajstić information content (AvgIpc) is 2.24. The molecule has 0 unspecified atom stereocenters. The van der Waals surface area contributed by atoms with E-state index < -0.39 is 6.55 Å². The molecule has 0 saturated heterocycles. The zero-order valence-corrected chi connectivity index (χ0v) is 9.40. The van der Waals surface area contributed by atoms with Crippen LogP contribution in [0.15, 0.2) is 0 Å². The second-order valence-electron chi connectivity index (χ2n) is 4.06. The largest absolute Gasteiger partial charge is 0.322 e. The summed E-state index contributed by atoms with van der Waals surface area (Å²) in [4.78, 5) is 0. The number of aryl methyl sites for hydroxylation is 1. The number of hydrogen-bond donors (Lipinski definition) is 0. The molecule has 1 aromatic heterocycles. The molecule has 0 amide bonds. The van der Waals surface area contributed by atoms with E-state index in [1.54, 1.807) is 0 Å². The van der Waals surface area contributed by atoms with Crippen molar-refractivity contribution >= 4 is 12.2 Å². The van der Waals surface area contributed by atoms with Crippen LogP contribution in [0.1, 0.15) is 33.1 Å². The monoisotopic (exact) mass is 221 g/mol. The van der Waals surface area contributed by atoms with Crippen LogP contribution in [0.3, 0.4) is 0 Å². The second-order valence-corrected chi connectivity index (χ2v) is 4.43. The molecule has 1 aromatic rings. The van der Waals surface area contributed by atoms with Gasteiger partial charge in [-0.15, -0.1) is 0 Å². The fourth-order valence-corrected chi connectivity index (χ4v) is 1.66. The third-order valence-corrected chi connectivity index (χ3v) is 2.18. The van der Waals surface area contributed by atoms with Gasteiger partial charge in [-0.1, -0.05) is 0 Å². The standard InChI is InChI=1S/C8H13F2N3S/c1-5-11-13(8(2,3)4)7(14)12(5)6(9)10/h6H,1-4H3. The molecule has 6 heteroatoms. The van der Waals surface area contributed by atoms with Gasteiger partial charge in [-0.2, -0.15) is 13.9 Å². The van der Waals surface area contributed by atoms with Crippen molar-refractivity contribution in [2.24, 2.45) is 0 Å². The van der Waals surface area contributed by atoms with Gasteiger partial charge in [-0.25, -0.2) is 9.25 Å². The fourth-order valence-electron chi connectivity index (χ4n) is 1.14. The van der Waals surface area contributed by atoms with Crippen LogP contribution in [0.25, 0.3) is 0 Å². The van der Waals surface area contributed by atoms with Crippen LogP contribution in [-0.2, 0) is 5.54 Å². The molecule has 0 N–H and O–H groups in total. The van der Waals surface area contributed by atoms with Gasteiger partial charge in [-0.05, 0) is 39.9 Å². The highest BCUT2D eigenvalue weighted by Crippen LogP contribution is 2.19. The Morgan fingerprint density at radius 1 is 1.36 bits per heavy atom. The Morgan fingerprint density at radius 3 is 2.07 bits per heavy atom. The Hall–Kier alpha value is -0.780. The summed E-state index contributed by atoms with van der Waals surface area (Å²) in [5, 5.41) is 4.00. The molecule has 1 rings (SSSR count). The molecule has 0 aromatic carbocycles. The number of alkyl halides is 2. The second kappa shape index (κ2) is 3.42. The van der Waals surface area contributed by atoms with Crippen molar-refractivity contribution in [3.05, 3.63) is 10.6 Å². The molecule has 0 aliphatic rings.